The minimum absolute atomic E-state index is 0.233. The smallest absolute Gasteiger partial charge is 0.300 e. The molecule has 0 heterocycles. The number of carboxylic acid groups (broad SMARTS) is 1. The lowest BCUT2D eigenvalue weighted by Gasteiger charge is -1.78. The highest BCUT2D eigenvalue weighted by molar-refractivity contribution is 6.38. The number of hydrogen-bond acceptors (Lipinski definition) is 1. The number of hydrogen-bond donors (Lipinski definition) is 1. The van der Waals surface area contributed by atoms with Gasteiger partial charge >= 0.3 is 0 Å². The molecule has 0 rings (SSSR count). The average Bonchev–Trinajstić information content (AvgIpc) is 1.35. The van der Waals surface area contributed by atoms with Crippen LogP contribution in [0.25, 0.3) is 0 Å². The van der Waals surface area contributed by atoms with Crippen LogP contribution in [0.1, 0.15) is 0 Å². The number of carboxylic acids is 1. The molecule has 3 heteroatoms. The monoisotopic (exact) mass is 104 g/mol. The van der Waals surface area contributed by atoms with Crippen LogP contribution in [0.3, 0.4) is 0 Å². The van der Waals surface area contributed by atoms with Gasteiger partial charge in [-0.25, -0.2) is 0 Å². The van der Waals surface area contributed by atoms with Crippen LogP contribution in [0.15, 0.2) is 0 Å². The summed E-state index contributed by atoms with van der Waals surface area (Å²) in [6.45, 7) is 1.98. The van der Waals surface area contributed by atoms with Gasteiger partial charge in [-0.15, -0.1) is 0 Å². The normalized spacial score (nSPS) is 10.2. The molecule has 0 unspecified atom stereocenters. The Balaban J connectivity index is 2.83. The van der Waals surface area contributed by atoms with Crippen LogP contribution in [0.4, 0.5) is 0 Å². The van der Waals surface area contributed by atoms with Crippen LogP contribution in [0, 0.1) is 0 Å². The van der Waals surface area contributed by atoms with E-state index in [1.807, 2.05) is 6.55 Å². The topological polar surface area (TPSA) is 37.3 Å². The van der Waals surface area contributed by atoms with Crippen LogP contribution < -0.4 is 0 Å². The van der Waals surface area contributed by atoms with Crippen molar-refractivity contribution in [1.82, 2.24) is 0 Å². The van der Waals surface area contributed by atoms with Gasteiger partial charge in [-0.05, 0) is 0 Å². The van der Waals surface area contributed by atoms with Crippen molar-refractivity contribution in [2.75, 3.05) is 0 Å². The summed E-state index contributed by atoms with van der Waals surface area (Å²) in [5.41, 5.74) is 0. The summed E-state index contributed by atoms with van der Waals surface area (Å²) >= 11 is 0. The van der Waals surface area contributed by atoms with E-state index < -0.39 is 5.97 Å². The fourth-order valence-corrected chi connectivity index (χ4v) is 0.642. The van der Waals surface area contributed by atoms with E-state index in [1.165, 1.54) is 0 Å². The van der Waals surface area contributed by atoms with E-state index in [-0.39, 0.29) is 9.52 Å². The standard InChI is InChI=1S/C3H8O2Si/c1-6-2-3(4)5/h2,6H2,1H3,(H,4,5). The van der Waals surface area contributed by atoms with E-state index >= 15 is 0 Å². The van der Waals surface area contributed by atoms with E-state index in [1.54, 1.807) is 0 Å². The highest BCUT2D eigenvalue weighted by Crippen LogP contribution is 1.72. The van der Waals surface area contributed by atoms with E-state index in [0.717, 1.165) is 0 Å². The van der Waals surface area contributed by atoms with Crippen molar-refractivity contribution in [2.24, 2.45) is 0 Å². The van der Waals surface area contributed by atoms with Crippen molar-refractivity contribution < 1.29 is 9.90 Å². The molecular formula is C3H8O2Si. The summed E-state index contributed by atoms with van der Waals surface area (Å²) in [5, 5.41) is 7.95. The molecular weight excluding hydrogens is 96.1 g/mol. The molecule has 0 aromatic rings. The maximum atomic E-state index is 9.63. The van der Waals surface area contributed by atoms with Gasteiger partial charge < -0.3 is 5.11 Å². The summed E-state index contributed by atoms with van der Waals surface area (Å²) in [4.78, 5) is 9.63. The molecule has 0 aliphatic rings. The molecule has 0 amide bonds. The largest absolute Gasteiger partial charge is 0.481 e. The molecule has 0 spiro atoms. The number of rotatable bonds is 2. The maximum Gasteiger partial charge on any atom is 0.300 e. The third kappa shape index (κ3) is 3.69. The molecule has 0 aromatic heterocycles. The Bertz CT molecular complexity index is 52.8. The van der Waals surface area contributed by atoms with Gasteiger partial charge in [0, 0.05) is 15.6 Å². The lowest BCUT2D eigenvalue weighted by atomic mass is 10.8. The zero-order valence-corrected chi connectivity index (χ0v) is 5.18. The van der Waals surface area contributed by atoms with Crippen LogP contribution in [0.5, 0.6) is 0 Å². The van der Waals surface area contributed by atoms with E-state index in [2.05, 4.69) is 0 Å². The lowest BCUT2D eigenvalue weighted by Crippen LogP contribution is -1.95. The van der Waals surface area contributed by atoms with Gasteiger partial charge in [0.05, 0.1) is 0 Å². The van der Waals surface area contributed by atoms with Gasteiger partial charge in [-0.3, -0.25) is 4.79 Å². The Labute approximate surface area is 39.0 Å². The van der Waals surface area contributed by atoms with Gasteiger partial charge in [-0.2, -0.15) is 0 Å². The van der Waals surface area contributed by atoms with Gasteiger partial charge in [0.25, 0.3) is 5.97 Å². The Morgan fingerprint density at radius 3 is 2.50 bits per heavy atom. The summed E-state index contributed by atoms with van der Waals surface area (Å²) in [5.74, 6) is -0.649. The van der Waals surface area contributed by atoms with Crippen LogP contribution in [0.2, 0.25) is 12.6 Å². The van der Waals surface area contributed by atoms with Gasteiger partial charge in [0.2, 0.25) is 0 Å². The Morgan fingerprint density at radius 2 is 2.50 bits per heavy atom. The molecule has 0 aliphatic heterocycles. The summed E-state index contributed by atoms with van der Waals surface area (Å²) < 4.78 is 0. The van der Waals surface area contributed by atoms with Crippen LogP contribution in [-0.2, 0) is 4.79 Å². The number of aliphatic carboxylic acids is 1. The van der Waals surface area contributed by atoms with E-state index in [0.29, 0.717) is 6.04 Å². The zero-order chi connectivity index (χ0) is 4.99. The minimum atomic E-state index is -0.649. The zero-order valence-electron chi connectivity index (χ0n) is 3.77. The van der Waals surface area contributed by atoms with Gasteiger partial charge in [-0.1, -0.05) is 6.55 Å². The molecule has 0 radical (unpaired) electrons. The lowest BCUT2D eigenvalue weighted by molar-refractivity contribution is -0.134. The van der Waals surface area contributed by atoms with Crippen molar-refractivity contribution in [1.29, 1.82) is 0 Å². The second-order valence-electron chi connectivity index (χ2n) is 1.14. The van der Waals surface area contributed by atoms with Crippen molar-refractivity contribution in [3.05, 3.63) is 0 Å². The maximum absolute atomic E-state index is 9.63. The minimum Gasteiger partial charge on any atom is -0.481 e. The Morgan fingerprint density at radius 1 is 2.00 bits per heavy atom. The summed E-state index contributed by atoms with van der Waals surface area (Å²) in [6.07, 6.45) is 0. The second-order valence-corrected chi connectivity index (χ2v) is 2.64. The van der Waals surface area contributed by atoms with E-state index in [4.69, 9.17) is 5.11 Å². The molecule has 0 aliphatic carbocycles. The average molecular weight is 104 g/mol. The highest BCUT2D eigenvalue weighted by atomic mass is 28.2. The third-order valence-electron chi connectivity index (χ3n) is 0.464. The molecule has 6 heavy (non-hydrogen) atoms. The van der Waals surface area contributed by atoms with Crippen molar-refractivity contribution in [2.45, 2.75) is 12.6 Å². The number of carbonyl (C=O) groups is 1. The van der Waals surface area contributed by atoms with Crippen LogP contribution >= 0.6 is 0 Å². The SMILES string of the molecule is C[SiH2]CC(=O)O. The Kier molecular flexibility index (Phi) is 2.75. The quantitative estimate of drug-likeness (QED) is 0.489. The Hall–Kier alpha value is -0.313. The molecule has 0 bridgehead atoms. The predicted molar refractivity (Wildman–Crippen MR) is 26.9 cm³/mol. The first kappa shape index (κ1) is 5.69. The first-order valence-electron chi connectivity index (χ1n) is 1.99. The van der Waals surface area contributed by atoms with Gasteiger partial charge in [0.1, 0.15) is 0 Å². The molecule has 0 aromatic carbocycles. The first-order chi connectivity index (χ1) is 2.77. The first-order valence-corrected chi connectivity index (χ1v) is 4.40. The fraction of sp³-hybridized carbons (Fsp3) is 0.667. The van der Waals surface area contributed by atoms with E-state index in [9.17, 15) is 4.79 Å². The molecule has 36 valence electrons. The highest BCUT2D eigenvalue weighted by Gasteiger charge is 1.88. The molecule has 0 atom stereocenters. The third-order valence-corrected chi connectivity index (χ3v) is 1.39. The summed E-state index contributed by atoms with van der Waals surface area (Å²) in [6, 6.07) is 0.431. The predicted octanol–water partition coefficient (Wildman–Crippen LogP) is -0.294. The second kappa shape index (κ2) is 2.90. The molecule has 2 nitrogen and oxygen atoms in total. The molecule has 0 saturated carbocycles. The van der Waals surface area contributed by atoms with Crippen molar-refractivity contribution >= 4 is 15.5 Å². The molecule has 0 fully saturated rings. The van der Waals surface area contributed by atoms with Gasteiger partial charge in [0.15, 0.2) is 0 Å². The fourth-order valence-electron chi connectivity index (χ4n) is 0.214. The molecule has 0 saturated heterocycles. The van der Waals surface area contributed by atoms with Crippen molar-refractivity contribution in [3.8, 4) is 0 Å². The van der Waals surface area contributed by atoms with Crippen LogP contribution in [-0.4, -0.2) is 20.6 Å². The van der Waals surface area contributed by atoms with Crippen molar-refractivity contribution in [3.63, 3.8) is 0 Å². The summed E-state index contributed by atoms with van der Waals surface area (Å²) in [7, 11) is -0.233. The molecule has 1 N–H and O–H groups in total.